The first-order chi connectivity index (χ1) is 14.2. The van der Waals surface area contributed by atoms with E-state index in [9.17, 15) is 0 Å². The van der Waals surface area contributed by atoms with Gasteiger partial charge in [-0.25, -0.2) is 4.98 Å². The number of guanidine groups is 1. The van der Waals surface area contributed by atoms with Crippen LogP contribution in [0.2, 0.25) is 0 Å². The number of rotatable bonds is 6. The number of nitrogens with zero attached hydrogens (tertiary/aromatic N) is 3. The quantitative estimate of drug-likeness (QED) is 0.499. The van der Waals surface area contributed by atoms with E-state index in [2.05, 4.69) is 56.7 Å². The van der Waals surface area contributed by atoms with Crippen LogP contribution in [0.5, 0.6) is 0 Å². The highest BCUT2D eigenvalue weighted by Gasteiger charge is 2.24. The molecule has 1 aliphatic rings. The maximum atomic E-state index is 5.59. The second kappa shape index (κ2) is 8.82. The summed E-state index contributed by atoms with van der Waals surface area (Å²) < 4.78 is 5.59. The Balaban J connectivity index is 1.27. The molecule has 2 heterocycles. The van der Waals surface area contributed by atoms with Crippen LogP contribution >= 0.6 is 0 Å². The van der Waals surface area contributed by atoms with Gasteiger partial charge in [0, 0.05) is 37.4 Å². The molecule has 150 valence electrons. The van der Waals surface area contributed by atoms with Crippen molar-refractivity contribution >= 4 is 11.6 Å². The molecule has 0 spiro atoms. The standard InChI is InChI=1S/C23H27N5O/c1-17-14-19-10-6-7-11-21(19)28(17)13-12-25-23(24-2)26-15-20-16-29-22(27-20)18-8-4-3-5-9-18/h3-11,16-17H,12-15H2,1-2H3,(H2,24,25,26). The summed E-state index contributed by atoms with van der Waals surface area (Å²) in [5.74, 6) is 1.39. The van der Waals surface area contributed by atoms with Crippen LogP contribution in [0.1, 0.15) is 18.2 Å². The molecule has 1 aliphatic heterocycles. The van der Waals surface area contributed by atoms with Crippen LogP contribution in [0.3, 0.4) is 0 Å². The van der Waals surface area contributed by atoms with E-state index in [1.807, 2.05) is 30.3 Å². The van der Waals surface area contributed by atoms with Gasteiger partial charge in [-0.05, 0) is 37.1 Å². The molecular weight excluding hydrogens is 362 g/mol. The minimum atomic E-state index is 0.524. The van der Waals surface area contributed by atoms with E-state index < -0.39 is 0 Å². The second-order valence-corrected chi connectivity index (χ2v) is 7.24. The zero-order valence-corrected chi connectivity index (χ0v) is 16.9. The van der Waals surface area contributed by atoms with Gasteiger partial charge < -0.3 is 20.0 Å². The van der Waals surface area contributed by atoms with Crippen molar-refractivity contribution in [2.24, 2.45) is 4.99 Å². The Morgan fingerprint density at radius 1 is 1.14 bits per heavy atom. The lowest BCUT2D eigenvalue weighted by Gasteiger charge is -2.25. The molecule has 0 bridgehead atoms. The van der Waals surface area contributed by atoms with Crippen molar-refractivity contribution in [2.45, 2.75) is 25.9 Å². The van der Waals surface area contributed by atoms with E-state index >= 15 is 0 Å². The number of fused-ring (bicyclic) bond motifs is 1. The lowest BCUT2D eigenvalue weighted by Crippen LogP contribution is -2.42. The van der Waals surface area contributed by atoms with E-state index in [1.165, 1.54) is 11.3 Å². The van der Waals surface area contributed by atoms with Crippen molar-refractivity contribution in [3.63, 3.8) is 0 Å². The zero-order valence-electron chi connectivity index (χ0n) is 16.9. The Morgan fingerprint density at radius 2 is 1.93 bits per heavy atom. The summed E-state index contributed by atoms with van der Waals surface area (Å²) in [6.45, 7) is 4.58. The Morgan fingerprint density at radius 3 is 2.76 bits per heavy atom. The highest BCUT2D eigenvalue weighted by Crippen LogP contribution is 2.31. The van der Waals surface area contributed by atoms with Crippen LogP contribution in [0.25, 0.3) is 11.5 Å². The molecule has 0 saturated heterocycles. The lowest BCUT2D eigenvalue weighted by molar-refractivity contribution is 0.572. The average Bonchev–Trinajstić information content (AvgIpc) is 3.35. The first-order valence-electron chi connectivity index (χ1n) is 10.0. The predicted octanol–water partition coefficient (Wildman–Crippen LogP) is 3.46. The molecule has 3 aromatic rings. The normalized spacial score (nSPS) is 16.0. The number of oxazole rings is 1. The first kappa shape index (κ1) is 19.1. The minimum Gasteiger partial charge on any atom is -0.444 e. The van der Waals surface area contributed by atoms with Crippen LogP contribution in [-0.2, 0) is 13.0 Å². The van der Waals surface area contributed by atoms with Gasteiger partial charge in [0.15, 0.2) is 5.96 Å². The molecule has 4 rings (SSSR count). The fourth-order valence-corrected chi connectivity index (χ4v) is 3.76. The maximum Gasteiger partial charge on any atom is 0.226 e. The summed E-state index contributed by atoms with van der Waals surface area (Å²) >= 11 is 0. The molecule has 0 amide bonds. The van der Waals surface area contributed by atoms with Crippen LogP contribution in [0, 0.1) is 0 Å². The summed E-state index contributed by atoms with van der Waals surface area (Å²) in [6.07, 6.45) is 2.80. The highest BCUT2D eigenvalue weighted by atomic mass is 16.3. The van der Waals surface area contributed by atoms with Crippen LogP contribution in [0.15, 0.2) is 70.3 Å². The summed E-state index contributed by atoms with van der Waals surface area (Å²) in [6, 6.07) is 19.1. The van der Waals surface area contributed by atoms with Crippen molar-refractivity contribution in [3.8, 4) is 11.5 Å². The van der Waals surface area contributed by atoms with Gasteiger partial charge in [-0.2, -0.15) is 0 Å². The Labute approximate surface area is 171 Å². The SMILES string of the molecule is CN=C(NCCN1c2ccccc2CC1C)NCc1coc(-c2ccccc2)n1. The predicted molar refractivity (Wildman–Crippen MR) is 117 cm³/mol. The van der Waals surface area contributed by atoms with Crippen LogP contribution in [-0.4, -0.2) is 37.1 Å². The molecule has 2 N–H and O–H groups in total. The Bertz CT molecular complexity index is 966. The zero-order chi connectivity index (χ0) is 20.1. The second-order valence-electron chi connectivity index (χ2n) is 7.24. The van der Waals surface area contributed by atoms with Gasteiger partial charge in [0.1, 0.15) is 6.26 Å². The van der Waals surface area contributed by atoms with Gasteiger partial charge >= 0.3 is 0 Å². The highest BCUT2D eigenvalue weighted by molar-refractivity contribution is 5.79. The molecule has 6 nitrogen and oxygen atoms in total. The molecule has 0 saturated carbocycles. The van der Waals surface area contributed by atoms with E-state index in [0.29, 0.717) is 18.5 Å². The first-order valence-corrected chi connectivity index (χ1v) is 10.0. The number of benzene rings is 2. The molecule has 29 heavy (non-hydrogen) atoms. The fraction of sp³-hybridized carbons (Fsp3) is 0.304. The van der Waals surface area contributed by atoms with E-state index in [0.717, 1.165) is 36.7 Å². The lowest BCUT2D eigenvalue weighted by atomic mass is 10.1. The van der Waals surface area contributed by atoms with Crippen LogP contribution in [0.4, 0.5) is 5.69 Å². The van der Waals surface area contributed by atoms with E-state index in [-0.39, 0.29) is 0 Å². The maximum absolute atomic E-state index is 5.59. The number of anilines is 1. The molecule has 6 heteroatoms. The Hall–Kier alpha value is -3.28. The molecule has 0 aliphatic carbocycles. The molecule has 1 unspecified atom stereocenters. The van der Waals surface area contributed by atoms with Crippen molar-refractivity contribution < 1.29 is 4.42 Å². The van der Waals surface area contributed by atoms with E-state index in [4.69, 9.17) is 4.42 Å². The van der Waals surface area contributed by atoms with Crippen molar-refractivity contribution in [1.29, 1.82) is 0 Å². The molecule has 0 fully saturated rings. The minimum absolute atomic E-state index is 0.524. The fourth-order valence-electron chi connectivity index (χ4n) is 3.76. The average molecular weight is 390 g/mol. The molecule has 2 aromatic carbocycles. The summed E-state index contributed by atoms with van der Waals surface area (Å²) in [7, 11) is 1.78. The number of aliphatic imine (C=N–C) groups is 1. The summed E-state index contributed by atoms with van der Waals surface area (Å²) in [4.78, 5) is 11.3. The molecular formula is C23H27N5O. The third-order valence-corrected chi connectivity index (χ3v) is 5.23. The van der Waals surface area contributed by atoms with Crippen molar-refractivity contribution in [3.05, 3.63) is 72.1 Å². The Kier molecular flexibility index (Phi) is 5.79. The van der Waals surface area contributed by atoms with Gasteiger partial charge in [-0.1, -0.05) is 36.4 Å². The number of hydrogen-bond donors (Lipinski definition) is 2. The van der Waals surface area contributed by atoms with Crippen molar-refractivity contribution in [1.82, 2.24) is 15.6 Å². The number of nitrogens with one attached hydrogen (secondary N) is 2. The van der Waals surface area contributed by atoms with Gasteiger partial charge in [-0.15, -0.1) is 0 Å². The molecule has 1 aromatic heterocycles. The van der Waals surface area contributed by atoms with Gasteiger partial charge in [0.25, 0.3) is 0 Å². The molecule has 0 radical (unpaired) electrons. The van der Waals surface area contributed by atoms with Gasteiger partial charge in [-0.3, -0.25) is 4.99 Å². The third kappa shape index (κ3) is 4.42. The number of para-hydroxylation sites is 1. The third-order valence-electron chi connectivity index (χ3n) is 5.23. The monoisotopic (exact) mass is 389 g/mol. The van der Waals surface area contributed by atoms with Gasteiger partial charge in [0.05, 0.1) is 12.2 Å². The topological polar surface area (TPSA) is 65.7 Å². The van der Waals surface area contributed by atoms with Crippen molar-refractivity contribution in [2.75, 3.05) is 25.0 Å². The number of hydrogen-bond acceptors (Lipinski definition) is 4. The summed E-state index contributed by atoms with van der Waals surface area (Å²) in [5, 5.41) is 6.70. The van der Waals surface area contributed by atoms with Crippen LogP contribution < -0.4 is 15.5 Å². The number of aromatic nitrogens is 1. The summed E-state index contributed by atoms with van der Waals surface area (Å²) in [5.41, 5.74) is 4.60. The largest absolute Gasteiger partial charge is 0.444 e. The van der Waals surface area contributed by atoms with E-state index in [1.54, 1.807) is 13.3 Å². The smallest absolute Gasteiger partial charge is 0.226 e. The van der Waals surface area contributed by atoms with Gasteiger partial charge in [0.2, 0.25) is 5.89 Å². The molecule has 1 atom stereocenters.